The van der Waals surface area contributed by atoms with Crippen LogP contribution in [-0.2, 0) is 14.6 Å². The van der Waals surface area contributed by atoms with Crippen molar-refractivity contribution in [3.8, 4) is 0 Å². The average Bonchev–Trinajstić information content (AvgIpc) is 2.33. The molecule has 1 aromatic rings. The van der Waals surface area contributed by atoms with Crippen LogP contribution in [0, 0.1) is 11.7 Å². The van der Waals surface area contributed by atoms with Crippen molar-refractivity contribution in [3.63, 3.8) is 0 Å². The van der Waals surface area contributed by atoms with Gasteiger partial charge in [0.2, 0.25) is 5.91 Å². The van der Waals surface area contributed by atoms with Crippen LogP contribution in [0.2, 0.25) is 5.02 Å². The van der Waals surface area contributed by atoms with Gasteiger partial charge in [-0.15, -0.1) is 0 Å². The zero-order valence-electron chi connectivity index (χ0n) is 12.2. The van der Waals surface area contributed by atoms with E-state index in [4.69, 9.17) is 11.6 Å². The summed E-state index contributed by atoms with van der Waals surface area (Å²) >= 11 is 5.71. The molecule has 1 atom stereocenters. The van der Waals surface area contributed by atoms with E-state index >= 15 is 0 Å². The summed E-state index contributed by atoms with van der Waals surface area (Å²) in [5.41, 5.74) is 0.335. The molecule has 0 unspecified atom stereocenters. The Morgan fingerprint density at radius 1 is 1.38 bits per heavy atom. The van der Waals surface area contributed by atoms with Gasteiger partial charge in [-0.25, -0.2) is 12.8 Å². The van der Waals surface area contributed by atoms with Crippen molar-refractivity contribution in [3.05, 3.63) is 34.6 Å². The van der Waals surface area contributed by atoms with Crippen LogP contribution in [-0.4, -0.2) is 26.3 Å². The Bertz CT molecular complexity index is 617. The number of nitrogens with one attached hydrogen (secondary N) is 1. The maximum absolute atomic E-state index is 14.0. The van der Waals surface area contributed by atoms with Gasteiger partial charge >= 0.3 is 0 Å². The fourth-order valence-electron chi connectivity index (χ4n) is 1.88. The number of halogens is 2. The Hall–Kier alpha value is -1.14. The van der Waals surface area contributed by atoms with E-state index in [0.29, 0.717) is 5.56 Å². The molecule has 7 heteroatoms. The maximum atomic E-state index is 14.0. The monoisotopic (exact) mass is 335 g/mol. The highest BCUT2D eigenvalue weighted by molar-refractivity contribution is 7.90. The second-order valence-electron chi connectivity index (χ2n) is 5.33. The molecule has 118 valence electrons. The van der Waals surface area contributed by atoms with Crippen LogP contribution < -0.4 is 5.32 Å². The maximum Gasteiger partial charge on any atom is 0.221 e. The van der Waals surface area contributed by atoms with E-state index in [1.807, 2.05) is 13.8 Å². The summed E-state index contributed by atoms with van der Waals surface area (Å²) in [7, 11) is -3.21. The Morgan fingerprint density at radius 2 is 2.00 bits per heavy atom. The zero-order chi connectivity index (χ0) is 16.2. The lowest BCUT2D eigenvalue weighted by Gasteiger charge is -2.23. The molecular formula is C14H19ClFNO3S. The second-order valence-corrected chi connectivity index (χ2v) is 8.03. The molecule has 21 heavy (non-hydrogen) atoms. The molecule has 0 radical (unpaired) electrons. The molecule has 0 saturated carbocycles. The van der Waals surface area contributed by atoms with E-state index in [-0.39, 0.29) is 23.1 Å². The van der Waals surface area contributed by atoms with E-state index in [2.05, 4.69) is 5.32 Å². The number of rotatable bonds is 6. The highest BCUT2D eigenvalue weighted by Gasteiger charge is 2.22. The molecule has 0 aliphatic heterocycles. The van der Waals surface area contributed by atoms with Crippen LogP contribution >= 0.6 is 11.6 Å². The largest absolute Gasteiger partial charge is 0.349 e. The van der Waals surface area contributed by atoms with Gasteiger partial charge in [0.05, 0.1) is 11.8 Å². The van der Waals surface area contributed by atoms with Crippen molar-refractivity contribution >= 4 is 27.3 Å². The lowest BCUT2D eigenvalue weighted by Crippen LogP contribution is -2.33. The summed E-state index contributed by atoms with van der Waals surface area (Å²) in [6.07, 6.45) is 0.927. The van der Waals surface area contributed by atoms with Gasteiger partial charge in [-0.2, -0.15) is 0 Å². The third kappa shape index (κ3) is 6.01. The standard InChI is InChI=1S/C14H19ClFNO3S/c1-9(2)14(11-5-4-10(15)8-12(11)16)17-13(18)6-7-21(3,19)20/h4-5,8-9,14H,6-7H2,1-3H3,(H,17,18)/t14-/m0/s1. The SMILES string of the molecule is CC(C)[C@H](NC(=O)CCS(C)(=O)=O)c1ccc(Cl)cc1F. The minimum atomic E-state index is -3.21. The van der Waals surface area contributed by atoms with Crippen LogP contribution in [0.25, 0.3) is 0 Å². The van der Waals surface area contributed by atoms with Crippen molar-refractivity contribution in [2.24, 2.45) is 5.92 Å². The Morgan fingerprint density at radius 3 is 2.48 bits per heavy atom. The smallest absolute Gasteiger partial charge is 0.221 e. The summed E-state index contributed by atoms with van der Waals surface area (Å²) in [6, 6.07) is 3.74. The van der Waals surface area contributed by atoms with Crippen LogP contribution in [0.5, 0.6) is 0 Å². The Kier molecular flexibility index (Phi) is 6.16. The summed E-state index contributed by atoms with van der Waals surface area (Å²) in [6.45, 7) is 3.69. The number of benzene rings is 1. The summed E-state index contributed by atoms with van der Waals surface area (Å²) < 4.78 is 36.1. The number of hydrogen-bond acceptors (Lipinski definition) is 3. The summed E-state index contributed by atoms with van der Waals surface area (Å²) in [4.78, 5) is 11.8. The van der Waals surface area contributed by atoms with Gasteiger partial charge in [-0.3, -0.25) is 4.79 Å². The zero-order valence-corrected chi connectivity index (χ0v) is 13.8. The Balaban J connectivity index is 2.85. The van der Waals surface area contributed by atoms with Crippen molar-refractivity contribution in [1.29, 1.82) is 0 Å². The topological polar surface area (TPSA) is 63.2 Å². The number of carbonyl (C=O) groups is 1. The van der Waals surface area contributed by atoms with E-state index in [1.54, 1.807) is 6.07 Å². The highest BCUT2D eigenvalue weighted by Crippen LogP contribution is 2.26. The number of sulfone groups is 1. The molecule has 0 bridgehead atoms. The molecule has 1 aromatic carbocycles. The van der Waals surface area contributed by atoms with Gasteiger partial charge in [0.25, 0.3) is 0 Å². The minimum Gasteiger partial charge on any atom is -0.349 e. The quantitative estimate of drug-likeness (QED) is 0.869. The molecule has 0 aromatic heterocycles. The van der Waals surface area contributed by atoms with Crippen molar-refractivity contribution in [1.82, 2.24) is 5.32 Å². The molecule has 0 fully saturated rings. The van der Waals surface area contributed by atoms with Gasteiger partial charge < -0.3 is 5.32 Å². The van der Waals surface area contributed by atoms with Crippen LogP contribution in [0.4, 0.5) is 4.39 Å². The van der Waals surface area contributed by atoms with Gasteiger partial charge in [0.1, 0.15) is 15.7 Å². The van der Waals surface area contributed by atoms with Crippen LogP contribution in [0.15, 0.2) is 18.2 Å². The fourth-order valence-corrected chi connectivity index (χ4v) is 2.60. The molecular weight excluding hydrogens is 317 g/mol. The lowest BCUT2D eigenvalue weighted by atomic mass is 9.95. The Labute approximate surface area is 129 Å². The van der Waals surface area contributed by atoms with E-state index in [1.165, 1.54) is 12.1 Å². The van der Waals surface area contributed by atoms with Gasteiger partial charge in [-0.1, -0.05) is 31.5 Å². The number of amides is 1. The first-order chi connectivity index (χ1) is 9.60. The molecule has 1 amide bonds. The molecule has 4 nitrogen and oxygen atoms in total. The number of hydrogen-bond donors (Lipinski definition) is 1. The van der Waals surface area contributed by atoms with E-state index in [0.717, 1.165) is 6.26 Å². The van der Waals surface area contributed by atoms with Gasteiger partial charge in [-0.05, 0) is 18.1 Å². The molecule has 0 saturated heterocycles. The predicted molar refractivity (Wildman–Crippen MR) is 81.5 cm³/mol. The first-order valence-corrected chi connectivity index (χ1v) is 8.96. The van der Waals surface area contributed by atoms with E-state index < -0.39 is 27.6 Å². The van der Waals surface area contributed by atoms with Gasteiger partial charge in [0.15, 0.2) is 0 Å². The molecule has 0 spiro atoms. The van der Waals surface area contributed by atoms with Crippen LogP contribution in [0.3, 0.4) is 0 Å². The first-order valence-electron chi connectivity index (χ1n) is 6.52. The van der Waals surface area contributed by atoms with Crippen molar-refractivity contribution in [2.45, 2.75) is 26.3 Å². The first kappa shape index (κ1) is 17.9. The fraction of sp³-hybridized carbons (Fsp3) is 0.500. The third-order valence-electron chi connectivity index (χ3n) is 2.98. The average molecular weight is 336 g/mol. The lowest BCUT2D eigenvalue weighted by molar-refractivity contribution is -0.121. The summed E-state index contributed by atoms with van der Waals surface area (Å²) in [5, 5.41) is 2.96. The second kappa shape index (κ2) is 7.22. The molecule has 0 heterocycles. The minimum absolute atomic E-state index is 0.0529. The highest BCUT2D eigenvalue weighted by atomic mass is 35.5. The molecule has 0 aliphatic carbocycles. The van der Waals surface area contributed by atoms with E-state index in [9.17, 15) is 17.6 Å². The molecule has 0 aliphatic rings. The summed E-state index contributed by atoms with van der Waals surface area (Å²) in [5.74, 6) is -1.20. The van der Waals surface area contributed by atoms with Gasteiger partial charge in [0, 0.05) is 23.3 Å². The molecule has 1 N–H and O–H groups in total. The normalized spacial score (nSPS) is 13.2. The van der Waals surface area contributed by atoms with Crippen LogP contribution in [0.1, 0.15) is 31.9 Å². The number of carbonyl (C=O) groups excluding carboxylic acids is 1. The van der Waals surface area contributed by atoms with Crippen molar-refractivity contribution in [2.75, 3.05) is 12.0 Å². The predicted octanol–water partition coefficient (Wildman–Crippen LogP) is 2.73. The molecule has 1 rings (SSSR count). The van der Waals surface area contributed by atoms with Crippen molar-refractivity contribution < 1.29 is 17.6 Å². The third-order valence-corrected chi connectivity index (χ3v) is 4.16.